The molecular weight excluding hydrogens is 1130 g/mol. The van der Waals surface area contributed by atoms with Gasteiger partial charge in [0.15, 0.2) is 25.2 Å². The van der Waals surface area contributed by atoms with Crippen molar-refractivity contribution in [2.45, 2.75) is 223 Å². The monoisotopic (exact) mass is 1210 g/mol. The molecule has 0 aromatic heterocycles. The van der Waals surface area contributed by atoms with Gasteiger partial charge in [0.2, 0.25) is 10.4 Å². The van der Waals surface area contributed by atoms with Crippen LogP contribution in [0.1, 0.15) is 101 Å². The van der Waals surface area contributed by atoms with Gasteiger partial charge in [0.1, 0.15) is 78.8 Å². The minimum absolute atomic E-state index is 0. The van der Waals surface area contributed by atoms with E-state index in [9.17, 15) is 63.4 Å². The van der Waals surface area contributed by atoms with Gasteiger partial charge in [-0.15, -0.1) is 0 Å². The van der Waals surface area contributed by atoms with Crippen LogP contribution in [0, 0.1) is 45.3 Å². The second-order valence-corrected chi connectivity index (χ2v) is 26.7. The molecule has 466 valence electrons. The number of esters is 2. The number of hydrogen-bond acceptors (Lipinski definition) is 25. The van der Waals surface area contributed by atoms with E-state index in [0.29, 0.717) is 38.5 Å². The summed E-state index contributed by atoms with van der Waals surface area (Å²) in [6.07, 6.45) is -16.4. The van der Waals surface area contributed by atoms with Crippen LogP contribution in [0.5, 0.6) is 0 Å². The van der Waals surface area contributed by atoms with Gasteiger partial charge < -0.3 is 97.5 Å². The number of ether oxygens (including phenoxy) is 11. The molecule has 0 bridgehead atoms. The van der Waals surface area contributed by atoms with Crippen molar-refractivity contribution < 1.29 is 149 Å². The topological polar surface area (TPSA) is 364 Å². The Kier molecular flexibility index (Phi) is 20.5. The van der Waals surface area contributed by atoms with E-state index < -0.39 is 187 Å². The van der Waals surface area contributed by atoms with Crippen molar-refractivity contribution in [2.75, 3.05) is 33.5 Å². The maximum absolute atomic E-state index is 14.6. The number of aliphatic hydroxyl groups is 8. The van der Waals surface area contributed by atoms with Gasteiger partial charge in [-0.3, -0.25) is 13.8 Å². The summed E-state index contributed by atoms with van der Waals surface area (Å²) in [5, 5.41) is 88.7. The molecule has 9 aliphatic rings. The summed E-state index contributed by atoms with van der Waals surface area (Å²) < 4.78 is 105. The molecule has 8 N–H and O–H groups in total. The van der Waals surface area contributed by atoms with Crippen molar-refractivity contribution in [2.24, 2.45) is 45.3 Å². The van der Waals surface area contributed by atoms with Gasteiger partial charge in [0.05, 0.1) is 56.1 Å². The summed E-state index contributed by atoms with van der Waals surface area (Å²) in [5.41, 5.74) is -1.37. The summed E-state index contributed by atoms with van der Waals surface area (Å²) in [7, 11) is -4.01. The zero-order chi connectivity index (χ0) is 60.0. The minimum atomic E-state index is -5.22. The van der Waals surface area contributed by atoms with E-state index in [0.717, 1.165) is 5.57 Å². The number of carbonyl (C=O) groups is 2. The molecule has 25 nitrogen and oxygen atoms in total. The van der Waals surface area contributed by atoms with Gasteiger partial charge in [-0.05, 0) is 95.0 Å². The summed E-state index contributed by atoms with van der Waals surface area (Å²) in [5.74, 6) is -2.30. The second kappa shape index (κ2) is 25.3. The first-order valence-corrected chi connectivity index (χ1v) is 29.8. The summed E-state index contributed by atoms with van der Waals surface area (Å²) in [6, 6.07) is 0. The Labute approximate surface area is 506 Å². The van der Waals surface area contributed by atoms with E-state index in [1.807, 2.05) is 39.0 Å². The van der Waals surface area contributed by atoms with Crippen molar-refractivity contribution in [1.29, 1.82) is 0 Å². The number of methoxy groups -OCH3 is 1. The fourth-order valence-corrected chi connectivity index (χ4v) is 16.4. The second-order valence-electron chi connectivity index (χ2n) is 25.6. The molecule has 5 saturated heterocycles. The molecule has 83 heavy (non-hydrogen) atoms. The molecule has 1 spiro atoms. The molecule has 5 aliphatic heterocycles. The van der Waals surface area contributed by atoms with E-state index in [4.69, 9.17) is 52.1 Å². The maximum atomic E-state index is 14.6. The quantitative estimate of drug-likeness (QED) is 0.0195. The van der Waals surface area contributed by atoms with Gasteiger partial charge in [0.25, 0.3) is 0 Å². The third-order valence-electron chi connectivity index (χ3n) is 20.1. The number of hydrogen-bond donors (Lipinski definition) is 8. The van der Waals surface area contributed by atoms with Crippen molar-refractivity contribution in [3.05, 3.63) is 35.5 Å². The minimum Gasteiger partial charge on any atom is -0.726 e. The third kappa shape index (κ3) is 12.2. The molecule has 0 unspecified atom stereocenters. The Balaban J connectivity index is 0.00000900. The van der Waals surface area contributed by atoms with Crippen LogP contribution in [0.4, 0.5) is 0 Å². The molecule has 3 saturated carbocycles. The van der Waals surface area contributed by atoms with E-state index in [1.165, 1.54) is 26.5 Å². The van der Waals surface area contributed by atoms with Crippen molar-refractivity contribution >= 4 is 22.3 Å². The molecule has 9 rings (SSSR count). The molecular formula is C56H85NaO25S. The molecule has 5 heterocycles. The Morgan fingerprint density at radius 1 is 0.795 bits per heavy atom. The summed E-state index contributed by atoms with van der Waals surface area (Å²) in [4.78, 5) is 27.4. The molecule has 0 radical (unpaired) electrons. The van der Waals surface area contributed by atoms with Gasteiger partial charge >= 0.3 is 41.5 Å². The molecule has 0 amide bonds. The zero-order valence-corrected chi connectivity index (χ0v) is 51.9. The summed E-state index contributed by atoms with van der Waals surface area (Å²) in [6.45, 7) is 15.0. The van der Waals surface area contributed by atoms with Crippen molar-refractivity contribution in [3.8, 4) is 0 Å². The average molecular weight is 1210 g/mol. The predicted molar refractivity (Wildman–Crippen MR) is 278 cm³/mol. The number of carbonyl (C=O) groups excluding carboxylic acids is 2. The number of fused-ring (bicyclic) bond motifs is 4. The van der Waals surface area contributed by atoms with Crippen LogP contribution < -0.4 is 29.6 Å². The zero-order valence-electron chi connectivity index (χ0n) is 49.1. The molecule has 27 heteroatoms. The SMILES string of the molecule is CO[C@@H]1[C@@H](O)[C@H](O[C@@H]2[C@@H](O)[C@H](O[C@H]3[C@H](O)[C@@H](O)[C@H](O[C@H]4[C@H](O[C@H]5CC[C@]6(C)[C@@H]7CC[C@]89C(=O)O[C@@](C)(/C=C/C=C(C)C)[C@H]8[C@@H](OC(C)=O)C[C@@]9(C)C7=CC[C@H]6C5(C)C)OC[C@@H](COS(=O)(=O)[O-])[C@@H]4O)O[C@@H]3C)OC[C@H]2O)O[C@H](CO)[C@H]1O.[Na+]. The van der Waals surface area contributed by atoms with Crippen LogP contribution in [0.25, 0.3) is 0 Å². The number of allylic oxidation sites excluding steroid dienone is 5. The van der Waals surface area contributed by atoms with Gasteiger partial charge in [-0.1, -0.05) is 57.1 Å². The van der Waals surface area contributed by atoms with E-state index >= 15 is 0 Å². The smallest absolute Gasteiger partial charge is 0.726 e. The van der Waals surface area contributed by atoms with Gasteiger partial charge in [0, 0.05) is 25.4 Å². The van der Waals surface area contributed by atoms with Crippen LogP contribution in [0.15, 0.2) is 35.5 Å². The van der Waals surface area contributed by atoms with Crippen LogP contribution >= 0.6 is 0 Å². The number of cyclic esters (lactones) is 1. The molecule has 0 aromatic rings. The Bertz CT molecular complexity index is 2530. The molecule has 27 atom stereocenters. The average Bonchev–Trinajstić information content (AvgIpc) is 1.65. The van der Waals surface area contributed by atoms with Gasteiger partial charge in [-0.2, -0.15) is 0 Å². The fraction of sp³-hybridized carbons (Fsp3) is 0.857. The standard InChI is InChI=1S/C56H86O25S.Na/c1-25(2)12-11-17-55(9)46-32(75-27(4)58)20-54(8)30-13-14-34-52(5,6)35(16-18-53(34,7)29(30)15-19-56(46,54)51(66)81-55)77-50-45(36(60)28(22-71-50)23-73-82(67,68)69)80-48-39(63)38(62)42(26(3)74-48)78-47-40(64)43(31(59)24-72-47)79-49-41(65)44(70-10)37(61)33(21-57)76-49;/h11-13,17,26,28-29,31-50,57,59-65H,14-16,18-24H2,1-10H3,(H,67,68,69);/q;+1/p-1/b17-11+;/t26-,28+,29-,31-,32+,33-,34+,35+,36+,37-,38-,39-,40-,41-,42-,43+,44+,45-,46-,47+,48+,49+,50+,53-,54+,55+,56-;/m1./s1. The maximum Gasteiger partial charge on any atom is 1.00 e. The number of aliphatic hydroxyl groups excluding tert-OH is 8. The van der Waals surface area contributed by atoms with E-state index in [2.05, 4.69) is 38.0 Å². The molecule has 8 fully saturated rings. The Hall–Kier alpha value is -1.65. The molecule has 4 aliphatic carbocycles. The summed E-state index contributed by atoms with van der Waals surface area (Å²) >= 11 is 0. The van der Waals surface area contributed by atoms with Crippen LogP contribution in [-0.4, -0.2) is 222 Å². The Morgan fingerprint density at radius 2 is 1.45 bits per heavy atom. The predicted octanol–water partition coefficient (Wildman–Crippen LogP) is -2.70. The van der Waals surface area contributed by atoms with E-state index in [1.54, 1.807) is 0 Å². The first-order valence-electron chi connectivity index (χ1n) is 28.5. The van der Waals surface area contributed by atoms with E-state index in [-0.39, 0.29) is 59.4 Å². The first-order chi connectivity index (χ1) is 38.4. The third-order valence-corrected chi connectivity index (χ3v) is 20.5. The normalized spacial score (nSPS) is 48.6. The molecule has 0 aromatic carbocycles. The van der Waals surface area contributed by atoms with Crippen molar-refractivity contribution in [3.63, 3.8) is 0 Å². The van der Waals surface area contributed by atoms with Crippen molar-refractivity contribution in [1.82, 2.24) is 0 Å². The van der Waals surface area contributed by atoms with Gasteiger partial charge in [-0.25, -0.2) is 8.42 Å². The van der Waals surface area contributed by atoms with Crippen LogP contribution in [0.2, 0.25) is 0 Å². The fourth-order valence-electron chi connectivity index (χ4n) is 16.1. The number of rotatable bonds is 16. The van der Waals surface area contributed by atoms with Crippen LogP contribution in [0.3, 0.4) is 0 Å². The first kappa shape index (κ1) is 67.3. The largest absolute Gasteiger partial charge is 1.00 e. The van der Waals surface area contributed by atoms with Crippen LogP contribution in [-0.2, 0) is 76.3 Å². The Morgan fingerprint density at radius 3 is 2.10 bits per heavy atom.